The molecule has 0 aromatic carbocycles. The monoisotopic (exact) mass is 464 g/mol. The second-order valence-corrected chi connectivity index (χ2v) is 14.7. The van der Waals surface area contributed by atoms with E-state index < -0.39 is 25.9 Å². The minimum absolute atomic E-state index is 0.200. The Balaban J connectivity index is 2.21. The van der Waals surface area contributed by atoms with Crippen molar-refractivity contribution in [3.63, 3.8) is 0 Å². The molecule has 0 aliphatic rings. The molecule has 0 unspecified atom stereocenters. The number of tetrazole rings is 1. The van der Waals surface area contributed by atoms with Crippen LogP contribution in [0, 0.1) is 5.92 Å². The van der Waals surface area contributed by atoms with Crippen LogP contribution < -0.4 is 10.5 Å². The molecule has 0 aliphatic heterocycles. The van der Waals surface area contributed by atoms with Crippen molar-refractivity contribution >= 4 is 14.0 Å². The summed E-state index contributed by atoms with van der Waals surface area (Å²) >= 11 is 0. The van der Waals surface area contributed by atoms with Crippen LogP contribution in [0.4, 0.5) is 0 Å². The lowest BCUT2D eigenvalue weighted by atomic mass is 9.83. The van der Waals surface area contributed by atoms with E-state index in [4.69, 9.17) is 15.2 Å². The second-order valence-electron chi connectivity index (χ2n) is 9.07. The Bertz CT molecular complexity index is 824. The standard InChI is InChI=1S/C21H36N6O4Si/c1-5-6-17(21(28)29)18(13-16-7-8-19(23-14-16)31-10-9-22)20-24-25-26-27(20)15-30-11-12-32(2,3)4/h7-8,14,17-18H,5-6,9-13,15,22H2,1-4H3,(H,28,29)/t17-,18-/m0/s1. The first-order chi connectivity index (χ1) is 15.2. The van der Waals surface area contributed by atoms with Crippen molar-refractivity contribution in [3.05, 3.63) is 29.7 Å². The highest BCUT2D eigenvalue weighted by Crippen LogP contribution is 2.31. The van der Waals surface area contributed by atoms with Gasteiger partial charge in [-0.1, -0.05) is 39.1 Å². The lowest BCUT2D eigenvalue weighted by Crippen LogP contribution is -2.27. The summed E-state index contributed by atoms with van der Waals surface area (Å²) in [6.07, 6.45) is 3.40. The molecule has 0 aliphatic carbocycles. The van der Waals surface area contributed by atoms with Gasteiger partial charge in [0, 0.05) is 39.4 Å². The van der Waals surface area contributed by atoms with Crippen molar-refractivity contribution in [3.8, 4) is 5.88 Å². The summed E-state index contributed by atoms with van der Waals surface area (Å²) in [5.74, 6) is -0.899. The second kappa shape index (κ2) is 12.6. The molecule has 0 amide bonds. The maximum atomic E-state index is 12.1. The normalized spacial score (nSPS) is 13.7. The number of hydrogen-bond donors (Lipinski definition) is 2. The lowest BCUT2D eigenvalue weighted by molar-refractivity contribution is -0.143. The number of carboxylic acids is 1. The minimum Gasteiger partial charge on any atom is -0.481 e. The van der Waals surface area contributed by atoms with Gasteiger partial charge in [0.25, 0.3) is 0 Å². The molecule has 0 bridgehead atoms. The van der Waals surface area contributed by atoms with Crippen LogP contribution in [0.15, 0.2) is 18.3 Å². The molecule has 0 spiro atoms. The van der Waals surface area contributed by atoms with Crippen LogP contribution >= 0.6 is 0 Å². The Morgan fingerprint density at radius 3 is 2.66 bits per heavy atom. The number of carbonyl (C=O) groups is 1. The highest BCUT2D eigenvalue weighted by Gasteiger charge is 2.33. The average Bonchev–Trinajstić information content (AvgIpc) is 3.20. The minimum atomic E-state index is -1.21. The molecule has 2 aromatic heterocycles. The topological polar surface area (TPSA) is 138 Å². The third-order valence-electron chi connectivity index (χ3n) is 5.12. The third-order valence-corrected chi connectivity index (χ3v) is 6.83. The smallest absolute Gasteiger partial charge is 0.307 e. The number of aliphatic carboxylic acids is 1. The summed E-state index contributed by atoms with van der Waals surface area (Å²) in [6.45, 7) is 10.5. The van der Waals surface area contributed by atoms with Gasteiger partial charge in [-0.3, -0.25) is 4.79 Å². The quantitative estimate of drug-likeness (QED) is 0.301. The zero-order valence-electron chi connectivity index (χ0n) is 19.5. The largest absolute Gasteiger partial charge is 0.481 e. The number of aromatic nitrogens is 5. The molecule has 0 saturated carbocycles. The zero-order valence-corrected chi connectivity index (χ0v) is 20.5. The number of hydrogen-bond acceptors (Lipinski definition) is 8. The molecule has 2 aromatic rings. The average molecular weight is 465 g/mol. The highest BCUT2D eigenvalue weighted by molar-refractivity contribution is 6.76. The van der Waals surface area contributed by atoms with Crippen molar-refractivity contribution in [1.82, 2.24) is 25.2 Å². The van der Waals surface area contributed by atoms with E-state index in [0.29, 0.717) is 44.3 Å². The van der Waals surface area contributed by atoms with Gasteiger partial charge >= 0.3 is 5.97 Å². The van der Waals surface area contributed by atoms with Gasteiger partial charge in [-0.15, -0.1) is 5.10 Å². The van der Waals surface area contributed by atoms with Crippen LogP contribution in [0.3, 0.4) is 0 Å². The molecular weight excluding hydrogens is 428 g/mol. The Hall–Kier alpha value is -2.37. The van der Waals surface area contributed by atoms with Gasteiger partial charge < -0.3 is 20.3 Å². The van der Waals surface area contributed by atoms with Crippen LogP contribution in [0.2, 0.25) is 25.7 Å². The molecule has 2 heterocycles. The summed E-state index contributed by atoms with van der Waals surface area (Å²) in [7, 11) is -1.21. The summed E-state index contributed by atoms with van der Waals surface area (Å²) < 4.78 is 12.8. The van der Waals surface area contributed by atoms with E-state index in [0.717, 1.165) is 18.0 Å². The van der Waals surface area contributed by atoms with Crippen molar-refractivity contribution in [2.75, 3.05) is 19.8 Å². The first-order valence-electron chi connectivity index (χ1n) is 11.1. The number of pyridine rings is 1. The molecule has 10 nitrogen and oxygen atoms in total. The van der Waals surface area contributed by atoms with E-state index in [2.05, 4.69) is 40.2 Å². The Morgan fingerprint density at radius 1 is 1.28 bits per heavy atom. The molecular formula is C21H36N6O4Si. The Kier molecular flexibility index (Phi) is 10.2. The van der Waals surface area contributed by atoms with Crippen molar-refractivity contribution in [2.24, 2.45) is 11.7 Å². The van der Waals surface area contributed by atoms with Gasteiger partial charge in [0.15, 0.2) is 5.82 Å². The Labute approximate surface area is 190 Å². The third kappa shape index (κ3) is 8.28. The van der Waals surface area contributed by atoms with Crippen molar-refractivity contribution < 1.29 is 19.4 Å². The van der Waals surface area contributed by atoms with E-state index in [-0.39, 0.29) is 6.73 Å². The van der Waals surface area contributed by atoms with E-state index in [1.165, 1.54) is 0 Å². The molecule has 0 radical (unpaired) electrons. The fourth-order valence-electron chi connectivity index (χ4n) is 3.35. The fraction of sp³-hybridized carbons (Fsp3) is 0.667. The maximum absolute atomic E-state index is 12.1. The zero-order chi connectivity index (χ0) is 23.6. The van der Waals surface area contributed by atoms with Gasteiger partial charge in [0.05, 0.1) is 5.92 Å². The summed E-state index contributed by atoms with van der Waals surface area (Å²) in [5, 5.41) is 22.0. The number of nitrogens with zero attached hydrogens (tertiary/aromatic N) is 5. The van der Waals surface area contributed by atoms with Crippen LogP contribution in [0.5, 0.6) is 5.88 Å². The summed E-state index contributed by atoms with van der Waals surface area (Å²) in [5.41, 5.74) is 6.34. The van der Waals surface area contributed by atoms with Crippen molar-refractivity contribution in [2.45, 2.75) is 64.5 Å². The molecule has 178 valence electrons. The predicted molar refractivity (Wildman–Crippen MR) is 123 cm³/mol. The van der Waals surface area contributed by atoms with Crippen LogP contribution in [0.1, 0.15) is 37.1 Å². The van der Waals surface area contributed by atoms with E-state index in [9.17, 15) is 9.90 Å². The molecule has 2 rings (SSSR count). The maximum Gasteiger partial charge on any atom is 0.307 e. The highest BCUT2D eigenvalue weighted by atomic mass is 28.3. The van der Waals surface area contributed by atoms with Gasteiger partial charge in [-0.05, 0) is 34.9 Å². The van der Waals surface area contributed by atoms with E-state index in [1.807, 2.05) is 13.0 Å². The molecule has 0 saturated heterocycles. The first kappa shape index (κ1) is 25.9. The number of nitrogens with two attached hydrogens (primary N) is 1. The van der Waals surface area contributed by atoms with Crippen LogP contribution in [-0.4, -0.2) is 64.1 Å². The summed E-state index contributed by atoms with van der Waals surface area (Å²) in [4.78, 5) is 16.4. The van der Waals surface area contributed by atoms with Crippen molar-refractivity contribution in [1.29, 1.82) is 0 Å². The molecule has 11 heteroatoms. The fourth-order valence-corrected chi connectivity index (χ4v) is 4.11. The van der Waals surface area contributed by atoms with Crippen LogP contribution in [-0.2, 0) is 22.7 Å². The number of rotatable bonds is 15. The molecule has 32 heavy (non-hydrogen) atoms. The number of ether oxygens (including phenoxy) is 2. The summed E-state index contributed by atoms with van der Waals surface area (Å²) in [6, 6.07) is 4.68. The predicted octanol–water partition coefficient (Wildman–Crippen LogP) is 2.55. The molecule has 3 N–H and O–H groups in total. The molecule has 0 fully saturated rings. The molecule has 2 atom stereocenters. The first-order valence-corrected chi connectivity index (χ1v) is 14.8. The van der Waals surface area contributed by atoms with Gasteiger partial charge in [-0.2, -0.15) is 0 Å². The Morgan fingerprint density at radius 2 is 2.06 bits per heavy atom. The van der Waals surface area contributed by atoms with Gasteiger partial charge in [0.1, 0.15) is 13.3 Å². The lowest BCUT2D eigenvalue weighted by Gasteiger charge is -2.23. The van der Waals surface area contributed by atoms with E-state index >= 15 is 0 Å². The van der Waals surface area contributed by atoms with Gasteiger partial charge in [0.2, 0.25) is 5.88 Å². The number of carboxylic acid groups (broad SMARTS) is 1. The van der Waals surface area contributed by atoms with Gasteiger partial charge in [-0.25, -0.2) is 9.67 Å². The van der Waals surface area contributed by atoms with E-state index in [1.54, 1.807) is 16.9 Å². The SMILES string of the molecule is CCC[C@H](C(=O)O)[C@H](Cc1ccc(OCCN)nc1)c1nnnn1COCC[Si](C)(C)C. The van der Waals surface area contributed by atoms with Crippen LogP contribution in [0.25, 0.3) is 0 Å².